The minimum Gasteiger partial charge on any atom is -0.319 e. The maximum atomic E-state index is 6.78. The molecule has 0 aliphatic heterocycles. The molecule has 2 N–H and O–H groups in total. The molecule has 3 heteroatoms. The van der Waals surface area contributed by atoms with Crippen molar-refractivity contribution in [2.45, 2.75) is 83.1 Å². The number of rotatable bonds is 1. The zero-order chi connectivity index (χ0) is 14.5. The minimum atomic E-state index is -0.123. The van der Waals surface area contributed by atoms with Crippen molar-refractivity contribution in [1.82, 2.24) is 4.98 Å². The Kier molecular flexibility index (Phi) is 3.42. The van der Waals surface area contributed by atoms with Gasteiger partial charge in [0.15, 0.2) is 0 Å². The van der Waals surface area contributed by atoms with Crippen molar-refractivity contribution in [2.24, 2.45) is 17.1 Å². The second-order valence-corrected chi connectivity index (χ2v) is 9.21. The molecule has 0 saturated heterocycles. The Morgan fingerprint density at radius 3 is 2.71 bits per heavy atom. The highest BCUT2D eigenvalue weighted by Crippen LogP contribution is 2.50. The van der Waals surface area contributed by atoms with Crippen LogP contribution in [0, 0.1) is 11.3 Å². The van der Waals surface area contributed by atoms with Gasteiger partial charge in [0.25, 0.3) is 0 Å². The molecule has 21 heavy (non-hydrogen) atoms. The highest BCUT2D eigenvalue weighted by atomic mass is 32.1. The Bertz CT molecular complexity index is 529. The number of nitrogens with two attached hydrogens (primary N) is 1. The van der Waals surface area contributed by atoms with Gasteiger partial charge in [-0.25, -0.2) is 4.98 Å². The lowest BCUT2D eigenvalue weighted by atomic mass is 9.74. The smallest absolute Gasteiger partial charge is 0.113 e. The van der Waals surface area contributed by atoms with Gasteiger partial charge in [-0.2, -0.15) is 0 Å². The van der Waals surface area contributed by atoms with Crippen LogP contribution in [-0.4, -0.2) is 4.98 Å². The summed E-state index contributed by atoms with van der Waals surface area (Å²) in [6.07, 6.45) is 14.5. The summed E-state index contributed by atoms with van der Waals surface area (Å²) >= 11 is 1.97. The Morgan fingerprint density at radius 1 is 1.14 bits per heavy atom. The van der Waals surface area contributed by atoms with Gasteiger partial charge in [0.2, 0.25) is 0 Å². The third-order valence-electron chi connectivity index (χ3n) is 6.33. The lowest BCUT2D eigenvalue weighted by Gasteiger charge is -2.35. The summed E-state index contributed by atoms with van der Waals surface area (Å²) in [5.41, 5.74) is 8.69. The molecule has 2 unspecified atom stereocenters. The molecule has 1 aromatic heterocycles. The van der Waals surface area contributed by atoms with E-state index in [0.29, 0.717) is 5.41 Å². The number of nitrogens with zero attached hydrogens (tertiary/aromatic N) is 1. The molecule has 3 aliphatic carbocycles. The van der Waals surface area contributed by atoms with Gasteiger partial charge in [-0.1, -0.05) is 32.6 Å². The summed E-state index contributed by atoms with van der Waals surface area (Å²) < 4.78 is 0. The van der Waals surface area contributed by atoms with Crippen molar-refractivity contribution in [3.8, 4) is 0 Å². The highest BCUT2D eigenvalue weighted by Gasteiger charge is 2.41. The monoisotopic (exact) mass is 304 g/mol. The summed E-state index contributed by atoms with van der Waals surface area (Å²) in [4.78, 5) is 6.61. The van der Waals surface area contributed by atoms with Crippen LogP contribution in [0.15, 0.2) is 0 Å². The van der Waals surface area contributed by atoms with E-state index in [9.17, 15) is 0 Å². The van der Waals surface area contributed by atoms with Gasteiger partial charge in [0.05, 0.1) is 11.2 Å². The van der Waals surface area contributed by atoms with Gasteiger partial charge in [-0.3, -0.25) is 0 Å². The van der Waals surface area contributed by atoms with Crippen LogP contribution in [0.3, 0.4) is 0 Å². The van der Waals surface area contributed by atoms with E-state index in [4.69, 9.17) is 10.7 Å². The van der Waals surface area contributed by atoms with Crippen LogP contribution < -0.4 is 5.73 Å². The van der Waals surface area contributed by atoms with Crippen molar-refractivity contribution >= 4 is 11.3 Å². The first-order valence-electron chi connectivity index (χ1n) is 8.87. The number of hydrogen-bond donors (Lipinski definition) is 1. The van der Waals surface area contributed by atoms with Crippen LogP contribution in [0.5, 0.6) is 0 Å². The molecule has 1 aromatic rings. The van der Waals surface area contributed by atoms with Crippen molar-refractivity contribution in [3.05, 3.63) is 15.6 Å². The third kappa shape index (κ3) is 2.46. The Labute approximate surface area is 132 Å². The normalized spacial score (nSPS) is 35.0. The molecule has 1 spiro atoms. The standard InChI is InChI=1S/C18H28N2S/c1-13-5-4-9-18(19,11-13)16-20-14-6-10-17(7-2-3-8-17)12-15(14)21-16/h13H,2-12,19H2,1H3. The SMILES string of the molecule is CC1CCCC(N)(c2nc3c(s2)CC2(CCCC2)CC3)C1. The zero-order valence-corrected chi connectivity index (χ0v) is 14.1. The quantitative estimate of drug-likeness (QED) is 0.826. The summed E-state index contributed by atoms with van der Waals surface area (Å²) in [6, 6.07) is 0. The first-order valence-corrected chi connectivity index (χ1v) is 9.68. The lowest BCUT2D eigenvalue weighted by Crippen LogP contribution is -2.40. The number of thiazole rings is 1. The van der Waals surface area contributed by atoms with Crippen molar-refractivity contribution in [2.75, 3.05) is 0 Å². The average Bonchev–Trinajstić information content (AvgIpc) is 3.06. The van der Waals surface area contributed by atoms with E-state index in [1.165, 1.54) is 68.5 Å². The van der Waals surface area contributed by atoms with Crippen molar-refractivity contribution in [1.29, 1.82) is 0 Å². The summed E-state index contributed by atoms with van der Waals surface area (Å²) in [6.45, 7) is 2.35. The molecule has 0 amide bonds. The number of aryl methyl sites for hydroxylation is 1. The van der Waals surface area contributed by atoms with E-state index in [1.54, 1.807) is 4.88 Å². The average molecular weight is 305 g/mol. The van der Waals surface area contributed by atoms with Gasteiger partial charge in [0.1, 0.15) is 5.01 Å². The van der Waals surface area contributed by atoms with E-state index in [0.717, 1.165) is 18.8 Å². The molecule has 2 atom stereocenters. The minimum absolute atomic E-state index is 0.123. The van der Waals surface area contributed by atoms with Gasteiger partial charge >= 0.3 is 0 Å². The fraction of sp³-hybridized carbons (Fsp3) is 0.833. The molecule has 0 aromatic carbocycles. The number of hydrogen-bond acceptors (Lipinski definition) is 3. The van der Waals surface area contributed by atoms with E-state index in [1.807, 2.05) is 11.3 Å². The van der Waals surface area contributed by atoms with Gasteiger partial charge < -0.3 is 5.73 Å². The van der Waals surface area contributed by atoms with Crippen LogP contribution in [0.2, 0.25) is 0 Å². The van der Waals surface area contributed by atoms with Crippen LogP contribution >= 0.6 is 11.3 Å². The summed E-state index contributed by atoms with van der Waals surface area (Å²) in [7, 11) is 0. The third-order valence-corrected chi connectivity index (χ3v) is 7.65. The first kappa shape index (κ1) is 14.2. The molecule has 0 radical (unpaired) electrons. The molecule has 2 saturated carbocycles. The summed E-state index contributed by atoms with van der Waals surface area (Å²) in [5, 5.41) is 1.26. The zero-order valence-electron chi connectivity index (χ0n) is 13.3. The molecule has 4 rings (SSSR count). The van der Waals surface area contributed by atoms with E-state index < -0.39 is 0 Å². The maximum absolute atomic E-state index is 6.78. The predicted octanol–water partition coefficient (Wildman–Crippen LogP) is 4.56. The van der Waals surface area contributed by atoms with Gasteiger partial charge in [-0.05, 0) is 56.3 Å². The molecule has 2 fully saturated rings. The predicted molar refractivity (Wildman–Crippen MR) is 88.5 cm³/mol. The van der Waals surface area contributed by atoms with E-state index in [-0.39, 0.29) is 5.54 Å². The van der Waals surface area contributed by atoms with Crippen LogP contribution in [-0.2, 0) is 18.4 Å². The largest absolute Gasteiger partial charge is 0.319 e. The van der Waals surface area contributed by atoms with E-state index >= 15 is 0 Å². The number of fused-ring (bicyclic) bond motifs is 1. The molecule has 2 nitrogen and oxygen atoms in total. The fourth-order valence-electron chi connectivity index (χ4n) is 5.08. The second-order valence-electron chi connectivity index (χ2n) is 8.13. The fourth-order valence-corrected chi connectivity index (χ4v) is 6.50. The van der Waals surface area contributed by atoms with Gasteiger partial charge in [0, 0.05) is 4.88 Å². The van der Waals surface area contributed by atoms with E-state index in [2.05, 4.69) is 6.92 Å². The topological polar surface area (TPSA) is 38.9 Å². The van der Waals surface area contributed by atoms with Crippen LogP contribution in [0.25, 0.3) is 0 Å². The molecule has 116 valence electrons. The molecular formula is C18H28N2S. The van der Waals surface area contributed by atoms with Crippen molar-refractivity contribution < 1.29 is 0 Å². The second kappa shape index (κ2) is 5.06. The Morgan fingerprint density at radius 2 is 1.95 bits per heavy atom. The van der Waals surface area contributed by atoms with Crippen molar-refractivity contribution in [3.63, 3.8) is 0 Å². The molecule has 0 bridgehead atoms. The highest BCUT2D eigenvalue weighted by molar-refractivity contribution is 7.11. The summed E-state index contributed by atoms with van der Waals surface area (Å²) in [5.74, 6) is 0.755. The van der Waals surface area contributed by atoms with Crippen LogP contribution in [0.4, 0.5) is 0 Å². The Balaban J connectivity index is 1.61. The molecule has 3 aliphatic rings. The van der Waals surface area contributed by atoms with Gasteiger partial charge in [-0.15, -0.1) is 11.3 Å². The number of aromatic nitrogens is 1. The first-order chi connectivity index (χ1) is 10.1. The molecular weight excluding hydrogens is 276 g/mol. The molecule has 1 heterocycles. The maximum Gasteiger partial charge on any atom is 0.113 e. The Hall–Kier alpha value is -0.410. The van der Waals surface area contributed by atoms with Crippen LogP contribution in [0.1, 0.15) is 80.3 Å². The lowest BCUT2D eigenvalue weighted by molar-refractivity contribution is 0.237.